The minimum Gasteiger partial charge on any atom is -0.467 e. The van der Waals surface area contributed by atoms with Gasteiger partial charge in [0.25, 0.3) is 0 Å². The van der Waals surface area contributed by atoms with Crippen LogP contribution in [0.25, 0.3) is 0 Å². The fraction of sp³-hybridized carbons (Fsp3) is 0.444. The predicted octanol–water partition coefficient (Wildman–Crippen LogP) is 0.206. The molecule has 15 heavy (non-hydrogen) atoms. The lowest BCUT2D eigenvalue weighted by Crippen LogP contribution is -2.09. The van der Waals surface area contributed by atoms with Crippen LogP contribution < -0.4 is 5.73 Å². The maximum atomic E-state index is 5.43. The van der Waals surface area contributed by atoms with E-state index in [-0.39, 0.29) is 0 Å². The summed E-state index contributed by atoms with van der Waals surface area (Å²) >= 11 is 0. The van der Waals surface area contributed by atoms with Gasteiger partial charge in [-0.1, -0.05) is 0 Å². The summed E-state index contributed by atoms with van der Waals surface area (Å²) in [6.45, 7) is 1.22. The molecular formula is C9H13N5O. The molecule has 2 rings (SSSR count). The van der Waals surface area contributed by atoms with Crippen LogP contribution in [0.1, 0.15) is 18.0 Å². The summed E-state index contributed by atoms with van der Waals surface area (Å²) in [7, 11) is 0. The quantitative estimate of drug-likeness (QED) is 0.757. The van der Waals surface area contributed by atoms with E-state index in [0.29, 0.717) is 13.1 Å². The number of nitrogens with zero attached hydrogens (tertiary/aromatic N) is 4. The first kappa shape index (κ1) is 9.85. The van der Waals surface area contributed by atoms with E-state index in [2.05, 4.69) is 15.5 Å². The summed E-state index contributed by atoms with van der Waals surface area (Å²) in [5.41, 5.74) is 5.43. The Labute approximate surface area is 87.1 Å². The molecular weight excluding hydrogens is 194 g/mol. The third kappa shape index (κ3) is 2.41. The Morgan fingerprint density at radius 1 is 1.47 bits per heavy atom. The Hall–Kier alpha value is -1.69. The van der Waals surface area contributed by atoms with E-state index in [0.717, 1.165) is 24.4 Å². The second-order valence-electron chi connectivity index (χ2n) is 3.22. The van der Waals surface area contributed by atoms with E-state index in [4.69, 9.17) is 10.2 Å². The van der Waals surface area contributed by atoms with Gasteiger partial charge in [0.1, 0.15) is 12.3 Å². The van der Waals surface area contributed by atoms with Gasteiger partial charge in [0.2, 0.25) is 0 Å². The summed E-state index contributed by atoms with van der Waals surface area (Å²) in [4.78, 5) is 0. The number of tetrazole rings is 1. The zero-order valence-electron chi connectivity index (χ0n) is 8.33. The van der Waals surface area contributed by atoms with Crippen LogP contribution in [-0.2, 0) is 13.0 Å². The Kier molecular flexibility index (Phi) is 3.08. The van der Waals surface area contributed by atoms with Crippen LogP contribution in [0.2, 0.25) is 0 Å². The van der Waals surface area contributed by atoms with Crippen LogP contribution in [-0.4, -0.2) is 26.8 Å². The first-order valence-electron chi connectivity index (χ1n) is 4.87. The van der Waals surface area contributed by atoms with Gasteiger partial charge in [0.05, 0.1) is 6.26 Å². The molecule has 6 heteroatoms. The van der Waals surface area contributed by atoms with E-state index in [9.17, 15) is 0 Å². The van der Waals surface area contributed by atoms with Crippen molar-refractivity contribution in [2.75, 3.05) is 6.54 Å². The highest BCUT2D eigenvalue weighted by atomic mass is 16.3. The number of rotatable bonds is 5. The molecule has 0 fully saturated rings. The van der Waals surface area contributed by atoms with Gasteiger partial charge in [-0.15, -0.1) is 5.10 Å². The van der Waals surface area contributed by atoms with E-state index in [1.807, 2.05) is 12.1 Å². The van der Waals surface area contributed by atoms with E-state index >= 15 is 0 Å². The monoisotopic (exact) mass is 207 g/mol. The minimum atomic E-state index is 0.569. The topological polar surface area (TPSA) is 82.8 Å². The average molecular weight is 207 g/mol. The first-order valence-corrected chi connectivity index (χ1v) is 4.87. The SMILES string of the molecule is NCCCc1nnnn1Cc1ccco1. The van der Waals surface area contributed by atoms with E-state index in [1.54, 1.807) is 10.9 Å². The van der Waals surface area contributed by atoms with Crippen molar-refractivity contribution in [3.63, 3.8) is 0 Å². The third-order valence-corrected chi connectivity index (χ3v) is 2.10. The lowest BCUT2D eigenvalue weighted by Gasteiger charge is -2.01. The van der Waals surface area contributed by atoms with Crippen LogP contribution in [0, 0.1) is 0 Å². The third-order valence-electron chi connectivity index (χ3n) is 2.10. The fourth-order valence-corrected chi connectivity index (χ4v) is 1.34. The molecule has 0 saturated carbocycles. The van der Waals surface area contributed by atoms with Crippen molar-refractivity contribution >= 4 is 0 Å². The molecule has 2 heterocycles. The van der Waals surface area contributed by atoms with Gasteiger partial charge in [-0.05, 0) is 35.5 Å². The standard InChI is InChI=1S/C9H13N5O/c10-5-1-4-9-11-12-13-14(9)7-8-3-2-6-15-8/h2-3,6H,1,4-5,7,10H2. The molecule has 0 unspecified atom stereocenters. The molecule has 0 saturated heterocycles. The molecule has 0 aliphatic carbocycles. The summed E-state index contributed by atoms with van der Waals surface area (Å²) in [5.74, 6) is 1.69. The Balaban J connectivity index is 2.04. The molecule has 0 aromatic carbocycles. The van der Waals surface area contributed by atoms with Gasteiger partial charge in [0, 0.05) is 6.42 Å². The second kappa shape index (κ2) is 4.70. The van der Waals surface area contributed by atoms with Crippen molar-refractivity contribution in [1.29, 1.82) is 0 Å². The predicted molar refractivity (Wildman–Crippen MR) is 53.0 cm³/mol. The van der Waals surface area contributed by atoms with Crippen LogP contribution in [0.3, 0.4) is 0 Å². The number of hydrogen-bond acceptors (Lipinski definition) is 5. The highest BCUT2D eigenvalue weighted by Crippen LogP contribution is 2.04. The van der Waals surface area contributed by atoms with Gasteiger partial charge in [-0.3, -0.25) is 0 Å². The van der Waals surface area contributed by atoms with Crippen molar-refractivity contribution in [2.45, 2.75) is 19.4 Å². The lowest BCUT2D eigenvalue weighted by molar-refractivity contribution is 0.468. The maximum absolute atomic E-state index is 5.43. The Morgan fingerprint density at radius 2 is 2.40 bits per heavy atom. The van der Waals surface area contributed by atoms with Crippen molar-refractivity contribution < 1.29 is 4.42 Å². The summed E-state index contributed by atoms with van der Waals surface area (Å²) in [6.07, 6.45) is 3.32. The van der Waals surface area contributed by atoms with E-state index < -0.39 is 0 Å². The van der Waals surface area contributed by atoms with Gasteiger partial charge in [-0.25, -0.2) is 4.68 Å². The summed E-state index contributed by atoms with van der Waals surface area (Å²) < 4.78 is 6.96. The Bertz CT molecular complexity index is 394. The number of aryl methyl sites for hydroxylation is 1. The molecule has 2 aromatic rings. The summed E-state index contributed by atoms with van der Waals surface area (Å²) in [6, 6.07) is 3.74. The van der Waals surface area contributed by atoms with Crippen LogP contribution in [0.4, 0.5) is 0 Å². The molecule has 0 spiro atoms. The second-order valence-corrected chi connectivity index (χ2v) is 3.22. The molecule has 0 aliphatic rings. The average Bonchev–Trinajstić information content (AvgIpc) is 2.87. The molecule has 6 nitrogen and oxygen atoms in total. The van der Waals surface area contributed by atoms with E-state index in [1.165, 1.54) is 0 Å². The zero-order chi connectivity index (χ0) is 10.5. The molecule has 0 radical (unpaired) electrons. The molecule has 0 atom stereocenters. The number of nitrogens with two attached hydrogens (primary N) is 1. The lowest BCUT2D eigenvalue weighted by atomic mass is 10.3. The zero-order valence-corrected chi connectivity index (χ0v) is 8.33. The van der Waals surface area contributed by atoms with Crippen LogP contribution in [0.15, 0.2) is 22.8 Å². The maximum Gasteiger partial charge on any atom is 0.151 e. The fourth-order valence-electron chi connectivity index (χ4n) is 1.34. The highest BCUT2D eigenvalue weighted by molar-refractivity contribution is 4.99. The van der Waals surface area contributed by atoms with Gasteiger partial charge < -0.3 is 10.2 Å². The molecule has 0 bridgehead atoms. The summed E-state index contributed by atoms with van der Waals surface area (Å²) in [5, 5.41) is 11.5. The van der Waals surface area contributed by atoms with Crippen LogP contribution in [0.5, 0.6) is 0 Å². The molecule has 0 aliphatic heterocycles. The van der Waals surface area contributed by atoms with Crippen molar-refractivity contribution in [1.82, 2.24) is 20.2 Å². The molecule has 2 N–H and O–H groups in total. The first-order chi connectivity index (χ1) is 7.40. The smallest absolute Gasteiger partial charge is 0.151 e. The molecule has 0 amide bonds. The highest BCUT2D eigenvalue weighted by Gasteiger charge is 2.06. The largest absolute Gasteiger partial charge is 0.467 e. The van der Waals surface area contributed by atoms with Gasteiger partial charge in [-0.2, -0.15) is 0 Å². The van der Waals surface area contributed by atoms with Crippen molar-refractivity contribution in [3.8, 4) is 0 Å². The number of furan rings is 1. The van der Waals surface area contributed by atoms with Crippen molar-refractivity contribution in [2.24, 2.45) is 5.73 Å². The van der Waals surface area contributed by atoms with Crippen LogP contribution >= 0.6 is 0 Å². The number of hydrogen-bond donors (Lipinski definition) is 1. The normalized spacial score (nSPS) is 10.7. The molecule has 2 aromatic heterocycles. The molecule has 80 valence electrons. The van der Waals surface area contributed by atoms with Crippen molar-refractivity contribution in [3.05, 3.63) is 30.0 Å². The van der Waals surface area contributed by atoms with Gasteiger partial charge >= 0.3 is 0 Å². The number of aromatic nitrogens is 4. The van der Waals surface area contributed by atoms with Gasteiger partial charge in [0.15, 0.2) is 5.82 Å². The Morgan fingerprint density at radius 3 is 3.13 bits per heavy atom. The minimum absolute atomic E-state index is 0.569.